The van der Waals surface area contributed by atoms with Gasteiger partial charge >= 0.3 is 5.97 Å². The summed E-state index contributed by atoms with van der Waals surface area (Å²) in [6.45, 7) is 0. The molecular weight excluding hydrogens is 370 g/mol. The molecule has 4 aromatic rings. The number of ether oxygens (including phenoxy) is 1. The average molecular weight is 383 g/mol. The number of thiazole rings is 2. The summed E-state index contributed by atoms with van der Waals surface area (Å²) in [4.78, 5) is 33.3. The van der Waals surface area contributed by atoms with E-state index in [1.165, 1.54) is 29.8 Å². The van der Waals surface area contributed by atoms with Crippen molar-refractivity contribution in [2.75, 3.05) is 7.11 Å². The van der Waals surface area contributed by atoms with E-state index in [4.69, 9.17) is 4.74 Å². The molecular formula is C18H13N3O3S2. The van der Waals surface area contributed by atoms with Crippen LogP contribution in [0.5, 0.6) is 0 Å². The van der Waals surface area contributed by atoms with Gasteiger partial charge in [0.15, 0.2) is 4.80 Å². The van der Waals surface area contributed by atoms with Crippen LogP contribution in [-0.4, -0.2) is 28.5 Å². The van der Waals surface area contributed by atoms with Crippen LogP contribution in [0.2, 0.25) is 0 Å². The number of nitrogens with zero attached hydrogens (tertiary/aromatic N) is 3. The predicted octanol–water partition coefficient (Wildman–Crippen LogP) is 3.38. The summed E-state index contributed by atoms with van der Waals surface area (Å²) in [6, 6.07) is 10.6. The Hall–Kier alpha value is -2.84. The van der Waals surface area contributed by atoms with Crippen LogP contribution in [0.3, 0.4) is 0 Å². The van der Waals surface area contributed by atoms with E-state index in [1.54, 1.807) is 23.7 Å². The van der Waals surface area contributed by atoms with Crippen molar-refractivity contribution in [2.24, 2.45) is 12.0 Å². The zero-order valence-corrected chi connectivity index (χ0v) is 15.6. The maximum absolute atomic E-state index is 12.6. The third-order valence-electron chi connectivity index (χ3n) is 4.01. The minimum Gasteiger partial charge on any atom is -0.465 e. The normalized spacial score (nSPS) is 12.0. The Morgan fingerprint density at radius 2 is 1.88 bits per heavy atom. The maximum atomic E-state index is 12.6. The molecule has 0 aliphatic rings. The number of esters is 1. The molecule has 26 heavy (non-hydrogen) atoms. The highest BCUT2D eigenvalue weighted by molar-refractivity contribution is 7.17. The van der Waals surface area contributed by atoms with Crippen LogP contribution in [0.4, 0.5) is 0 Å². The Morgan fingerprint density at radius 1 is 1.12 bits per heavy atom. The Morgan fingerprint density at radius 3 is 2.69 bits per heavy atom. The van der Waals surface area contributed by atoms with Crippen LogP contribution < -0.4 is 4.80 Å². The van der Waals surface area contributed by atoms with Gasteiger partial charge in [-0.15, -0.1) is 11.3 Å². The highest BCUT2D eigenvalue weighted by Gasteiger charge is 2.11. The lowest BCUT2D eigenvalue weighted by Gasteiger charge is -1.99. The van der Waals surface area contributed by atoms with E-state index in [0.29, 0.717) is 15.9 Å². The number of aryl methyl sites for hydroxylation is 1. The van der Waals surface area contributed by atoms with Crippen molar-refractivity contribution in [3.63, 3.8) is 0 Å². The monoisotopic (exact) mass is 383 g/mol. The second-order valence-corrected chi connectivity index (χ2v) is 7.47. The number of fused-ring (bicyclic) bond motifs is 2. The van der Waals surface area contributed by atoms with Gasteiger partial charge in [-0.2, -0.15) is 4.99 Å². The number of hydrogen-bond acceptors (Lipinski definition) is 6. The predicted molar refractivity (Wildman–Crippen MR) is 102 cm³/mol. The van der Waals surface area contributed by atoms with Crippen molar-refractivity contribution in [1.29, 1.82) is 0 Å². The van der Waals surface area contributed by atoms with Gasteiger partial charge in [0, 0.05) is 12.6 Å². The van der Waals surface area contributed by atoms with Crippen LogP contribution in [-0.2, 0) is 11.8 Å². The Kier molecular flexibility index (Phi) is 4.14. The number of rotatable bonds is 2. The molecule has 0 fully saturated rings. The van der Waals surface area contributed by atoms with Gasteiger partial charge in [0.05, 0.1) is 38.6 Å². The van der Waals surface area contributed by atoms with Crippen LogP contribution in [0.15, 0.2) is 46.9 Å². The van der Waals surface area contributed by atoms with Gasteiger partial charge in [-0.3, -0.25) is 4.79 Å². The Labute approximate surface area is 156 Å². The number of carbonyl (C=O) groups is 2. The topological polar surface area (TPSA) is 73.6 Å². The first-order valence-electron chi connectivity index (χ1n) is 7.67. The molecule has 0 bridgehead atoms. The molecule has 0 aliphatic carbocycles. The molecule has 0 spiro atoms. The van der Waals surface area contributed by atoms with Crippen molar-refractivity contribution in [1.82, 2.24) is 9.55 Å². The number of methoxy groups -OCH3 is 1. The smallest absolute Gasteiger partial charge is 0.337 e. The average Bonchev–Trinajstić information content (AvgIpc) is 3.24. The zero-order chi connectivity index (χ0) is 18.3. The third-order valence-corrected chi connectivity index (χ3v) is 5.89. The summed E-state index contributed by atoms with van der Waals surface area (Å²) in [5.74, 6) is -0.703. The lowest BCUT2D eigenvalue weighted by molar-refractivity contribution is 0.0601. The molecule has 0 unspecified atom stereocenters. The van der Waals surface area contributed by atoms with Gasteiger partial charge in [0.2, 0.25) is 0 Å². The summed E-state index contributed by atoms with van der Waals surface area (Å²) in [5, 5.41) is 0. The second-order valence-electron chi connectivity index (χ2n) is 5.57. The van der Waals surface area contributed by atoms with Crippen LogP contribution in [0.1, 0.15) is 20.7 Å². The maximum Gasteiger partial charge on any atom is 0.337 e. The zero-order valence-electron chi connectivity index (χ0n) is 13.9. The van der Waals surface area contributed by atoms with Crippen molar-refractivity contribution in [3.8, 4) is 0 Å². The van der Waals surface area contributed by atoms with Crippen molar-refractivity contribution >= 4 is 55.0 Å². The van der Waals surface area contributed by atoms with Crippen LogP contribution >= 0.6 is 22.7 Å². The molecule has 0 saturated carbocycles. The Balaban J connectivity index is 1.78. The molecule has 0 aliphatic heterocycles. The first-order valence-corrected chi connectivity index (χ1v) is 9.36. The molecule has 2 heterocycles. The molecule has 2 aromatic heterocycles. The number of hydrogen-bond donors (Lipinski definition) is 0. The van der Waals surface area contributed by atoms with E-state index in [0.717, 1.165) is 20.4 Å². The summed E-state index contributed by atoms with van der Waals surface area (Å²) in [7, 11) is 3.19. The van der Waals surface area contributed by atoms with E-state index in [-0.39, 0.29) is 5.91 Å². The third kappa shape index (κ3) is 2.83. The lowest BCUT2D eigenvalue weighted by atomic mass is 10.2. The molecule has 130 valence electrons. The highest BCUT2D eigenvalue weighted by atomic mass is 32.1. The summed E-state index contributed by atoms with van der Waals surface area (Å²) < 4.78 is 8.40. The first kappa shape index (κ1) is 16.6. The number of benzene rings is 2. The van der Waals surface area contributed by atoms with Gasteiger partial charge in [0.25, 0.3) is 5.91 Å². The van der Waals surface area contributed by atoms with E-state index >= 15 is 0 Å². The van der Waals surface area contributed by atoms with E-state index in [1.807, 2.05) is 29.8 Å². The SMILES string of the molecule is COC(=O)c1ccc2c(c1)sc(=NC(=O)c1ccc3ncsc3c1)n2C. The van der Waals surface area contributed by atoms with Gasteiger partial charge in [0.1, 0.15) is 0 Å². The van der Waals surface area contributed by atoms with Crippen LogP contribution in [0.25, 0.3) is 20.4 Å². The lowest BCUT2D eigenvalue weighted by Crippen LogP contribution is -2.13. The summed E-state index contributed by atoms with van der Waals surface area (Å²) >= 11 is 2.84. The number of aromatic nitrogens is 2. The summed E-state index contributed by atoms with van der Waals surface area (Å²) in [6.07, 6.45) is 0. The molecule has 0 saturated heterocycles. The molecule has 6 nitrogen and oxygen atoms in total. The van der Waals surface area contributed by atoms with Gasteiger partial charge in [-0.1, -0.05) is 11.3 Å². The van der Waals surface area contributed by atoms with Gasteiger partial charge < -0.3 is 9.30 Å². The highest BCUT2D eigenvalue weighted by Crippen LogP contribution is 2.21. The molecule has 0 radical (unpaired) electrons. The number of amides is 1. The summed E-state index contributed by atoms with van der Waals surface area (Å²) in [5.41, 5.74) is 4.51. The van der Waals surface area contributed by atoms with Gasteiger partial charge in [-0.05, 0) is 36.4 Å². The molecule has 0 atom stereocenters. The fourth-order valence-corrected chi connectivity index (χ4v) is 4.40. The quantitative estimate of drug-likeness (QED) is 0.498. The first-order chi connectivity index (χ1) is 12.6. The fourth-order valence-electron chi connectivity index (χ4n) is 2.63. The van der Waals surface area contributed by atoms with E-state index in [9.17, 15) is 9.59 Å². The number of carbonyl (C=O) groups excluding carboxylic acids is 2. The Bertz CT molecular complexity index is 1230. The minimum atomic E-state index is -0.393. The van der Waals surface area contributed by atoms with Crippen molar-refractivity contribution < 1.29 is 14.3 Å². The minimum absolute atomic E-state index is 0.310. The largest absolute Gasteiger partial charge is 0.465 e. The van der Waals surface area contributed by atoms with Gasteiger partial charge in [-0.25, -0.2) is 9.78 Å². The standard InChI is InChI=1S/C18H13N3O3S2/c1-21-13-6-4-11(17(23)24-2)8-15(13)26-18(21)20-16(22)10-3-5-12-14(7-10)25-9-19-12/h3-9H,1-2H3. The molecule has 1 amide bonds. The molecule has 2 aromatic carbocycles. The molecule has 0 N–H and O–H groups in total. The van der Waals surface area contributed by atoms with Crippen molar-refractivity contribution in [3.05, 3.63) is 57.8 Å². The van der Waals surface area contributed by atoms with E-state index < -0.39 is 5.97 Å². The van der Waals surface area contributed by atoms with E-state index in [2.05, 4.69) is 9.98 Å². The molecule has 8 heteroatoms. The molecule has 4 rings (SSSR count). The van der Waals surface area contributed by atoms with Crippen molar-refractivity contribution in [2.45, 2.75) is 0 Å². The van der Waals surface area contributed by atoms with Crippen LogP contribution in [0, 0.1) is 0 Å². The fraction of sp³-hybridized carbons (Fsp3) is 0.111. The second kappa shape index (κ2) is 6.47.